The van der Waals surface area contributed by atoms with Gasteiger partial charge in [0.15, 0.2) is 5.78 Å². The van der Waals surface area contributed by atoms with E-state index in [1.165, 1.54) is 18.6 Å². The van der Waals surface area contributed by atoms with Crippen molar-refractivity contribution in [3.8, 4) is 0 Å². The second-order valence-corrected chi connectivity index (χ2v) is 7.96. The Hall–Kier alpha value is -2.30. The summed E-state index contributed by atoms with van der Waals surface area (Å²) in [5.41, 5.74) is 2.46. The molecule has 1 aromatic heterocycles. The van der Waals surface area contributed by atoms with E-state index in [-0.39, 0.29) is 17.5 Å². The Morgan fingerprint density at radius 2 is 1.77 bits per heavy atom. The van der Waals surface area contributed by atoms with Gasteiger partial charge < -0.3 is 4.90 Å². The first-order valence-electron chi connectivity index (χ1n) is 9.39. The van der Waals surface area contributed by atoms with E-state index in [1.54, 1.807) is 18.3 Å². The van der Waals surface area contributed by atoms with Crippen molar-refractivity contribution in [2.24, 2.45) is 11.8 Å². The summed E-state index contributed by atoms with van der Waals surface area (Å²) in [4.78, 5) is 24.1. The molecule has 0 bridgehead atoms. The number of ketones is 1. The summed E-state index contributed by atoms with van der Waals surface area (Å²) in [6.07, 6.45) is 4.05. The largest absolute Gasteiger partial charge is 0.340 e. The lowest BCUT2D eigenvalue weighted by Crippen LogP contribution is -2.40. The Balaban J connectivity index is 1.61. The number of Topliss-reactive ketones (excluding diaryl/α,β-unsaturated/α-hetero) is 1. The minimum Gasteiger partial charge on any atom is -0.340 e. The van der Waals surface area contributed by atoms with Crippen LogP contribution in [0.3, 0.4) is 0 Å². The van der Waals surface area contributed by atoms with Crippen LogP contribution >= 0.6 is 0 Å². The number of benzene rings is 1. The number of anilines is 1. The summed E-state index contributed by atoms with van der Waals surface area (Å²) >= 11 is 0. The number of halogens is 1. The summed E-state index contributed by atoms with van der Waals surface area (Å²) in [5.74, 6) is 1.84. The van der Waals surface area contributed by atoms with Crippen LogP contribution in [0.4, 0.5) is 10.3 Å². The van der Waals surface area contributed by atoms with Crippen LogP contribution in [0.5, 0.6) is 0 Å². The van der Waals surface area contributed by atoms with E-state index in [2.05, 4.69) is 23.7 Å². The van der Waals surface area contributed by atoms with Gasteiger partial charge in [0.05, 0.1) is 11.3 Å². The zero-order chi connectivity index (χ0) is 18.3. The van der Waals surface area contributed by atoms with Crippen LogP contribution < -0.4 is 4.90 Å². The minimum absolute atomic E-state index is 0.0533. The molecule has 4 rings (SSSR count). The molecule has 1 fully saturated rings. The first kappa shape index (κ1) is 17.1. The maximum absolute atomic E-state index is 13.2. The molecule has 1 aromatic carbocycles. The van der Waals surface area contributed by atoms with Gasteiger partial charge >= 0.3 is 0 Å². The number of hydrogen-bond donors (Lipinski definition) is 0. The van der Waals surface area contributed by atoms with Crippen molar-refractivity contribution in [3.05, 3.63) is 53.1 Å². The van der Waals surface area contributed by atoms with Crippen molar-refractivity contribution in [2.75, 3.05) is 18.0 Å². The molecule has 2 heterocycles. The van der Waals surface area contributed by atoms with Crippen LogP contribution in [0.1, 0.15) is 54.2 Å². The van der Waals surface area contributed by atoms with Gasteiger partial charge in [-0.25, -0.2) is 14.4 Å². The summed E-state index contributed by atoms with van der Waals surface area (Å²) in [6, 6.07) is 6.46. The highest BCUT2D eigenvalue weighted by Gasteiger charge is 2.30. The molecule has 1 aliphatic heterocycles. The number of hydrogen-bond acceptors (Lipinski definition) is 4. The number of aromatic nitrogens is 2. The fourth-order valence-electron chi connectivity index (χ4n) is 4.38. The molecule has 136 valence electrons. The third-order valence-electron chi connectivity index (χ3n) is 5.52. The van der Waals surface area contributed by atoms with Gasteiger partial charge in [-0.3, -0.25) is 4.79 Å². The van der Waals surface area contributed by atoms with Crippen LogP contribution in [-0.4, -0.2) is 28.8 Å². The van der Waals surface area contributed by atoms with Crippen LogP contribution in [0.15, 0.2) is 30.5 Å². The van der Waals surface area contributed by atoms with E-state index >= 15 is 0 Å². The topological polar surface area (TPSA) is 46.1 Å². The second-order valence-electron chi connectivity index (χ2n) is 7.96. The highest BCUT2D eigenvalue weighted by Crippen LogP contribution is 2.33. The lowest BCUT2D eigenvalue weighted by atomic mass is 9.82. The molecule has 4 nitrogen and oxygen atoms in total. The molecule has 3 atom stereocenters. The van der Waals surface area contributed by atoms with Crippen molar-refractivity contribution in [1.29, 1.82) is 0 Å². The zero-order valence-electron chi connectivity index (χ0n) is 15.3. The number of rotatable bonds is 2. The second kappa shape index (κ2) is 6.78. The number of piperidine rings is 1. The van der Waals surface area contributed by atoms with Crippen LogP contribution in [0.25, 0.3) is 0 Å². The maximum atomic E-state index is 13.2. The third kappa shape index (κ3) is 3.35. The monoisotopic (exact) mass is 353 g/mol. The molecular formula is C21H24FN3O. The van der Waals surface area contributed by atoms with Crippen molar-refractivity contribution in [2.45, 2.75) is 39.0 Å². The van der Waals surface area contributed by atoms with Gasteiger partial charge in [-0.15, -0.1) is 0 Å². The average Bonchev–Trinajstić information content (AvgIpc) is 2.61. The Morgan fingerprint density at radius 1 is 1.08 bits per heavy atom. The minimum atomic E-state index is -0.255. The van der Waals surface area contributed by atoms with Crippen molar-refractivity contribution in [3.63, 3.8) is 0 Å². The van der Waals surface area contributed by atoms with E-state index in [0.717, 1.165) is 30.3 Å². The summed E-state index contributed by atoms with van der Waals surface area (Å²) in [6.45, 7) is 6.43. The highest BCUT2D eigenvalue weighted by molar-refractivity contribution is 5.98. The third-order valence-corrected chi connectivity index (χ3v) is 5.52. The molecule has 0 radical (unpaired) electrons. The molecule has 3 unspecified atom stereocenters. The van der Waals surface area contributed by atoms with Crippen molar-refractivity contribution < 1.29 is 9.18 Å². The lowest BCUT2D eigenvalue weighted by molar-refractivity contribution is 0.0962. The molecule has 5 heteroatoms. The highest BCUT2D eigenvalue weighted by atomic mass is 19.1. The van der Waals surface area contributed by atoms with Gasteiger partial charge in [-0.05, 0) is 48.3 Å². The Morgan fingerprint density at radius 3 is 2.46 bits per heavy atom. The average molecular weight is 353 g/mol. The molecule has 1 saturated heterocycles. The maximum Gasteiger partial charge on any atom is 0.225 e. The normalized spacial score (nSPS) is 25.9. The smallest absolute Gasteiger partial charge is 0.225 e. The predicted octanol–water partition coefficient (Wildman–Crippen LogP) is 4.01. The molecule has 0 saturated carbocycles. The van der Waals surface area contributed by atoms with E-state index < -0.39 is 0 Å². The van der Waals surface area contributed by atoms with Gasteiger partial charge in [0, 0.05) is 25.7 Å². The van der Waals surface area contributed by atoms with Gasteiger partial charge in [0.2, 0.25) is 5.95 Å². The number of carbonyl (C=O) groups excluding carboxylic acids is 1. The van der Waals surface area contributed by atoms with Gasteiger partial charge in [-0.1, -0.05) is 26.0 Å². The van der Waals surface area contributed by atoms with E-state index in [4.69, 9.17) is 4.98 Å². The van der Waals surface area contributed by atoms with Gasteiger partial charge in [0.1, 0.15) is 5.82 Å². The first-order valence-corrected chi connectivity index (χ1v) is 9.39. The molecule has 0 spiro atoms. The fourth-order valence-corrected chi connectivity index (χ4v) is 4.38. The SMILES string of the molecule is CC1CC(C)CN(c2ncc3c(n2)CC(c2ccc(F)cc2)CC3=O)C1. The van der Waals surface area contributed by atoms with E-state index in [1.807, 2.05) is 0 Å². The van der Waals surface area contributed by atoms with E-state index in [9.17, 15) is 9.18 Å². The quantitative estimate of drug-likeness (QED) is 0.818. The predicted molar refractivity (Wildman–Crippen MR) is 99.0 cm³/mol. The van der Waals surface area contributed by atoms with Crippen LogP contribution in [-0.2, 0) is 6.42 Å². The van der Waals surface area contributed by atoms with Crippen LogP contribution in [0.2, 0.25) is 0 Å². The Labute approximate surface area is 153 Å². The number of fused-ring (bicyclic) bond motifs is 1. The summed E-state index contributed by atoms with van der Waals surface area (Å²) < 4.78 is 13.2. The standard InChI is InChI=1S/C21H24FN3O/c1-13-7-14(2)12-25(11-13)21-23-10-18-19(24-21)8-16(9-20(18)26)15-3-5-17(22)6-4-15/h3-6,10,13-14,16H,7-9,11-12H2,1-2H3. The molecule has 0 N–H and O–H groups in total. The molecular weight excluding hydrogens is 329 g/mol. The van der Waals surface area contributed by atoms with Gasteiger partial charge in [0.25, 0.3) is 0 Å². The Kier molecular flexibility index (Phi) is 4.47. The fraction of sp³-hybridized carbons (Fsp3) is 0.476. The molecule has 0 amide bonds. The van der Waals surface area contributed by atoms with Crippen molar-refractivity contribution in [1.82, 2.24) is 9.97 Å². The zero-order valence-corrected chi connectivity index (χ0v) is 15.3. The first-order chi connectivity index (χ1) is 12.5. The van der Waals surface area contributed by atoms with Crippen LogP contribution in [0, 0.1) is 17.7 Å². The molecule has 2 aromatic rings. The van der Waals surface area contributed by atoms with Crippen molar-refractivity contribution >= 4 is 11.7 Å². The molecule has 1 aliphatic carbocycles. The number of carbonyl (C=O) groups is 1. The van der Waals surface area contributed by atoms with Gasteiger partial charge in [-0.2, -0.15) is 0 Å². The lowest BCUT2D eigenvalue weighted by Gasteiger charge is -2.35. The number of nitrogens with zero attached hydrogens (tertiary/aromatic N) is 3. The molecule has 26 heavy (non-hydrogen) atoms. The summed E-state index contributed by atoms with van der Waals surface area (Å²) in [5, 5.41) is 0. The van der Waals surface area contributed by atoms with E-state index in [0.29, 0.717) is 30.2 Å². The Bertz CT molecular complexity index is 811. The molecule has 2 aliphatic rings. The summed E-state index contributed by atoms with van der Waals surface area (Å²) in [7, 11) is 0.